The molecule has 0 radical (unpaired) electrons. The largest absolute Gasteiger partial charge is 0.0622 e. The molecule has 0 nitrogen and oxygen atoms in total. The second kappa shape index (κ2) is 16.2. The lowest BCUT2D eigenvalue weighted by atomic mass is 9.82. The van der Waals surface area contributed by atoms with E-state index in [4.69, 9.17) is 0 Å². The number of fused-ring (bicyclic) bond motifs is 8. The Balaban J connectivity index is 0.901. The van der Waals surface area contributed by atoms with Crippen LogP contribution < -0.4 is 0 Å². The predicted molar refractivity (Wildman–Crippen MR) is 313 cm³/mol. The molecule has 13 aromatic rings. The minimum absolute atomic E-state index is 1.07. The summed E-state index contributed by atoms with van der Waals surface area (Å²) < 4.78 is 2.15. The summed E-state index contributed by atoms with van der Waals surface area (Å²) in [6.07, 6.45) is 0. The zero-order valence-electron chi connectivity index (χ0n) is 38.8. The summed E-state index contributed by atoms with van der Waals surface area (Å²) in [6, 6.07) is 90.3. The summed E-state index contributed by atoms with van der Waals surface area (Å²) >= 11 is 7.44. The monoisotopic (exact) mass is 1040 g/mol. The fourth-order valence-corrected chi connectivity index (χ4v) is 13.1. The lowest BCUT2D eigenvalue weighted by molar-refractivity contribution is 1.60. The molecule has 15 rings (SSSR count). The van der Waals surface area contributed by atoms with Crippen LogP contribution in [0, 0.1) is 0 Å². The average molecular weight is 1040 g/mol. The Morgan fingerprint density at radius 3 is 0.778 bits per heavy atom. The van der Waals surface area contributed by atoms with Crippen LogP contribution in [0.15, 0.2) is 252 Å². The Bertz CT molecular complexity index is 4110. The summed E-state index contributed by atoms with van der Waals surface area (Å²) in [6.45, 7) is 0. The van der Waals surface area contributed by atoms with Crippen molar-refractivity contribution in [2.45, 2.75) is 0 Å². The molecule has 0 amide bonds. The zero-order valence-corrected chi connectivity index (χ0v) is 42.0. The molecule has 0 atom stereocenters. The van der Waals surface area contributed by atoms with Gasteiger partial charge in [0, 0.05) is 8.95 Å². The molecule has 0 unspecified atom stereocenters. The molecule has 2 aliphatic rings. The van der Waals surface area contributed by atoms with Gasteiger partial charge in [0.15, 0.2) is 0 Å². The fraction of sp³-hybridized carbons (Fsp3) is 0. The molecule has 0 saturated heterocycles. The molecule has 0 aromatic heterocycles. The lowest BCUT2D eigenvalue weighted by Crippen LogP contribution is -1.93. The van der Waals surface area contributed by atoms with Gasteiger partial charge in [-0.15, -0.1) is 0 Å². The summed E-state index contributed by atoms with van der Waals surface area (Å²) in [5, 5.41) is 10.2. The van der Waals surface area contributed by atoms with Gasteiger partial charge < -0.3 is 0 Å². The topological polar surface area (TPSA) is 0 Å². The number of halogens is 2. The van der Waals surface area contributed by atoms with Crippen LogP contribution in [0.2, 0.25) is 0 Å². The molecule has 0 fully saturated rings. The minimum Gasteiger partial charge on any atom is -0.0622 e. The molecule has 0 heterocycles. The summed E-state index contributed by atoms with van der Waals surface area (Å²) in [5.74, 6) is 0. The molecule has 0 aliphatic heterocycles. The summed E-state index contributed by atoms with van der Waals surface area (Å²) in [4.78, 5) is 0. The van der Waals surface area contributed by atoms with Gasteiger partial charge in [-0.25, -0.2) is 0 Å². The Morgan fingerprint density at radius 2 is 0.431 bits per heavy atom. The molecule has 0 spiro atoms. The van der Waals surface area contributed by atoms with E-state index in [0.29, 0.717) is 0 Å². The Morgan fingerprint density at radius 1 is 0.167 bits per heavy atom. The van der Waals surface area contributed by atoms with Crippen LogP contribution in [-0.2, 0) is 0 Å². The molecule has 0 saturated carbocycles. The molecule has 72 heavy (non-hydrogen) atoms. The molecule has 0 bridgehead atoms. The normalized spacial score (nSPS) is 12.0. The predicted octanol–water partition coefficient (Wildman–Crippen LogP) is 21.1. The van der Waals surface area contributed by atoms with Crippen molar-refractivity contribution < 1.29 is 0 Å². The maximum absolute atomic E-state index is 3.72. The van der Waals surface area contributed by atoms with E-state index in [9.17, 15) is 0 Å². The van der Waals surface area contributed by atoms with Crippen LogP contribution in [0.3, 0.4) is 0 Å². The van der Waals surface area contributed by atoms with Gasteiger partial charge in [-0.3, -0.25) is 0 Å². The lowest BCUT2D eigenvalue weighted by Gasteiger charge is -2.20. The van der Waals surface area contributed by atoms with Crippen molar-refractivity contribution in [2.75, 3.05) is 0 Å². The van der Waals surface area contributed by atoms with Crippen molar-refractivity contribution in [3.8, 4) is 111 Å². The van der Waals surface area contributed by atoms with E-state index in [1.165, 1.54) is 154 Å². The fourth-order valence-electron chi connectivity index (χ4n) is 12.6. The van der Waals surface area contributed by atoms with Crippen molar-refractivity contribution in [2.24, 2.45) is 0 Å². The molecule has 2 heteroatoms. The minimum atomic E-state index is 1.07. The van der Waals surface area contributed by atoms with E-state index in [2.05, 4.69) is 275 Å². The van der Waals surface area contributed by atoms with Crippen LogP contribution in [0.25, 0.3) is 154 Å². The van der Waals surface area contributed by atoms with Gasteiger partial charge >= 0.3 is 0 Å². The Kier molecular flexibility index (Phi) is 9.36. The van der Waals surface area contributed by atoms with E-state index < -0.39 is 0 Å². The average Bonchev–Trinajstić information content (AvgIpc) is 3.95. The first-order valence-electron chi connectivity index (χ1n) is 24.6. The Labute approximate surface area is 434 Å². The molecule has 13 aromatic carbocycles. The highest BCUT2D eigenvalue weighted by atomic mass is 79.9. The van der Waals surface area contributed by atoms with Gasteiger partial charge in [-0.05, 0) is 179 Å². The van der Waals surface area contributed by atoms with Crippen LogP contribution >= 0.6 is 31.9 Å². The van der Waals surface area contributed by atoms with Crippen molar-refractivity contribution in [3.05, 3.63) is 252 Å². The molecular formula is C70H40Br2. The first kappa shape index (κ1) is 41.6. The first-order chi connectivity index (χ1) is 35.6. The third-order valence-corrected chi connectivity index (χ3v) is 16.5. The second-order valence-corrected chi connectivity index (χ2v) is 21.0. The molecule has 334 valence electrons. The zero-order chi connectivity index (χ0) is 47.6. The summed E-state index contributed by atoms with van der Waals surface area (Å²) in [7, 11) is 0. The Hall–Kier alpha value is -8.14. The quantitative estimate of drug-likeness (QED) is 0.156. The van der Waals surface area contributed by atoms with Gasteiger partial charge in [0.2, 0.25) is 0 Å². The van der Waals surface area contributed by atoms with Crippen molar-refractivity contribution in [1.29, 1.82) is 0 Å². The van der Waals surface area contributed by atoms with Gasteiger partial charge in [0.25, 0.3) is 0 Å². The van der Waals surface area contributed by atoms with Gasteiger partial charge in [0.05, 0.1) is 0 Å². The van der Waals surface area contributed by atoms with Gasteiger partial charge in [-0.1, -0.05) is 250 Å². The maximum Gasteiger partial charge on any atom is 0.0175 e. The van der Waals surface area contributed by atoms with Gasteiger partial charge in [0.1, 0.15) is 0 Å². The highest BCUT2D eigenvalue weighted by molar-refractivity contribution is 9.10. The SMILES string of the molecule is Brc1ccc(-c2c3c(c(-c4ccccc4)c4ccccc24)-c2cccc4c(-c5ccc(-c6ccc7c8c(cccc68)-c6c-7c(-c7ccc(Br)cc7)c7ccccc7c6-c6ccccc6)cc5)ccc-3c24)cc1. The second-order valence-electron chi connectivity index (χ2n) is 19.2. The highest BCUT2D eigenvalue weighted by Crippen LogP contribution is 2.60. The molecular weight excluding hydrogens is 1000 g/mol. The third-order valence-electron chi connectivity index (χ3n) is 15.5. The van der Waals surface area contributed by atoms with E-state index in [-0.39, 0.29) is 0 Å². The van der Waals surface area contributed by atoms with Crippen molar-refractivity contribution >= 4 is 74.9 Å². The summed E-state index contributed by atoms with van der Waals surface area (Å²) in [5.41, 5.74) is 25.3. The van der Waals surface area contributed by atoms with Crippen LogP contribution in [0.1, 0.15) is 0 Å². The van der Waals surface area contributed by atoms with E-state index in [0.717, 1.165) is 8.95 Å². The number of hydrogen-bond donors (Lipinski definition) is 0. The smallest absolute Gasteiger partial charge is 0.0175 e. The van der Waals surface area contributed by atoms with Crippen molar-refractivity contribution in [3.63, 3.8) is 0 Å². The number of rotatable bonds is 6. The van der Waals surface area contributed by atoms with E-state index in [1.807, 2.05) is 0 Å². The third kappa shape index (κ3) is 6.10. The molecule has 2 aliphatic carbocycles. The van der Waals surface area contributed by atoms with Crippen LogP contribution in [0.4, 0.5) is 0 Å². The molecule has 0 N–H and O–H groups in total. The number of hydrogen-bond acceptors (Lipinski definition) is 0. The standard InChI is InChI=1S/C70H40Br2/c71-47-33-29-45(30-34-47)63-55-19-9-7-17-53(55)61(43-13-3-1-4-14-43)67-57-23-11-21-51-49(37-39-59(65(51)57)69(63)67)41-25-27-42(28-26-41)50-38-40-60-66-52(50)22-12-24-58(66)68-62(44-15-5-2-6-16-44)54-18-8-10-20-56(54)64(70(60)68)46-31-35-48(72)36-32-46/h1-40H. The van der Waals surface area contributed by atoms with E-state index in [1.54, 1.807) is 0 Å². The highest BCUT2D eigenvalue weighted by Gasteiger charge is 2.33. The maximum atomic E-state index is 3.72. The van der Waals surface area contributed by atoms with Crippen LogP contribution in [-0.4, -0.2) is 0 Å². The van der Waals surface area contributed by atoms with Crippen LogP contribution in [0.5, 0.6) is 0 Å². The van der Waals surface area contributed by atoms with E-state index >= 15 is 0 Å². The van der Waals surface area contributed by atoms with Gasteiger partial charge in [-0.2, -0.15) is 0 Å². The number of benzene rings is 13. The van der Waals surface area contributed by atoms with Crippen molar-refractivity contribution in [1.82, 2.24) is 0 Å². The first-order valence-corrected chi connectivity index (χ1v) is 26.2.